The lowest BCUT2D eigenvalue weighted by Crippen LogP contribution is -2.42. The number of benzene rings is 1. The number of terminal acetylenes is 1. The minimum atomic E-state index is -0.706. The molecular formula is C16H19ClN2O4. The van der Waals surface area contributed by atoms with Crippen LogP contribution in [0.1, 0.15) is 23.2 Å². The summed E-state index contributed by atoms with van der Waals surface area (Å²) >= 11 is 5.79. The number of aliphatic hydroxyl groups excluding tert-OH is 1. The predicted octanol–water partition coefficient (Wildman–Crippen LogP) is 1.31. The number of hydrogen-bond acceptors (Lipinski definition) is 4. The third kappa shape index (κ3) is 5.25. The number of aliphatic hydroxyl groups is 1. The summed E-state index contributed by atoms with van der Waals surface area (Å²) < 4.78 is 0. The quantitative estimate of drug-likeness (QED) is 0.397. The predicted molar refractivity (Wildman–Crippen MR) is 85.9 cm³/mol. The van der Waals surface area contributed by atoms with E-state index in [9.17, 15) is 14.7 Å². The molecule has 0 radical (unpaired) electrons. The minimum absolute atomic E-state index is 0.0892. The Kier molecular flexibility index (Phi) is 7.55. The average molecular weight is 339 g/mol. The Morgan fingerprint density at radius 3 is 2.48 bits per heavy atom. The molecule has 6 nitrogen and oxygen atoms in total. The fraction of sp³-hybridized carbons (Fsp3) is 0.375. The number of halogens is 1. The Morgan fingerprint density at radius 2 is 2.00 bits per heavy atom. The van der Waals surface area contributed by atoms with E-state index >= 15 is 0 Å². The molecule has 0 unspecified atom stereocenters. The van der Waals surface area contributed by atoms with E-state index in [1.165, 1.54) is 11.9 Å². The second kappa shape index (κ2) is 9.16. The van der Waals surface area contributed by atoms with Gasteiger partial charge in [-0.25, -0.2) is 5.48 Å². The first-order valence-electron chi connectivity index (χ1n) is 6.95. The topological polar surface area (TPSA) is 89.9 Å². The normalized spacial score (nSPS) is 12.8. The first kappa shape index (κ1) is 19.0. The highest BCUT2D eigenvalue weighted by Gasteiger charge is 2.27. The van der Waals surface area contributed by atoms with Crippen molar-refractivity contribution in [2.24, 2.45) is 5.92 Å². The number of amides is 2. The molecule has 0 aliphatic carbocycles. The molecule has 3 N–H and O–H groups in total. The van der Waals surface area contributed by atoms with Crippen LogP contribution >= 0.6 is 11.6 Å². The third-order valence-corrected chi connectivity index (χ3v) is 3.82. The number of hydroxylamine groups is 1. The van der Waals surface area contributed by atoms with Crippen molar-refractivity contribution in [3.05, 3.63) is 34.9 Å². The molecule has 0 saturated carbocycles. The van der Waals surface area contributed by atoms with Crippen LogP contribution in [-0.2, 0) is 4.79 Å². The Hall–Kier alpha value is -2.07. The van der Waals surface area contributed by atoms with Crippen LogP contribution in [0.2, 0.25) is 5.02 Å². The molecule has 0 fully saturated rings. The van der Waals surface area contributed by atoms with Crippen LogP contribution in [0.4, 0.5) is 0 Å². The van der Waals surface area contributed by atoms with E-state index in [1.54, 1.807) is 29.7 Å². The molecule has 1 rings (SSSR count). The van der Waals surface area contributed by atoms with Gasteiger partial charge < -0.3 is 10.0 Å². The second-order valence-corrected chi connectivity index (χ2v) is 5.51. The second-order valence-electron chi connectivity index (χ2n) is 5.08. The van der Waals surface area contributed by atoms with Crippen LogP contribution < -0.4 is 5.48 Å². The molecule has 1 aromatic carbocycles. The van der Waals surface area contributed by atoms with Crippen molar-refractivity contribution in [2.75, 3.05) is 13.7 Å². The van der Waals surface area contributed by atoms with Gasteiger partial charge in [0, 0.05) is 24.1 Å². The molecule has 1 aromatic rings. The van der Waals surface area contributed by atoms with E-state index in [1.807, 2.05) is 0 Å². The first-order chi connectivity index (χ1) is 10.9. The lowest BCUT2D eigenvalue weighted by molar-refractivity contribution is -0.134. The van der Waals surface area contributed by atoms with Gasteiger partial charge in [0.2, 0.25) is 5.91 Å². The summed E-state index contributed by atoms with van der Waals surface area (Å²) in [4.78, 5) is 25.4. The van der Waals surface area contributed by atoms with Gasteiger partial charge in [0.25, 0.3) is 5.91 Å². The summed E-state index contributed by atoms with van der Waals surface area (Å²) in [6, 6.07) is 5.73. The zero-order valence-corrected chi connectivity index (χ0v) is 13.5. The largest absolute Gasteiger partial charge is 0.394 e. The van der Waals surface area contributed by atoms with Gasteiger partial charge in [-0.15, -0.1) is 12.3 Å². The van der Waals surface area contributed by atoms with E-state index < -0.39 is 17.9 Å². The Bertz CT molecular complexity index is 583. The van der Waals surface area contributed by atoms with Gasteiger partial charge in [-0.1, -0.05) is 11.6 Å². The van der Waals surface area contributed by atoms with Crippen LogP contribution in [0.15, 0.2) is 24.3 Å². The molecule has 2 atom stereocenters. The number of nitrogens with zero attached hydrogens (tertiary/aromatic N) is 1. The fourth-order valence-corrected chi connectivity index (χ4v) is 2.29. The summed E-state index contributed by atoms with van der Waals surface area (Å²) in [5, 5.41) is 18.8. The van der Waals surface area contributed by atoms with Crippen LogP contribution in [0.25, 0.3) is 0 Å². The number of rotatable bonds is 7. The molecule has 0 aliphatic rings. The van der Waals surface area contributed by atoms with Gasteiger partial charge >= 0.3 is 0 Å². The van der Waals surface area contributed by atoms with E-state index in [0.717, 1.165) is 0 Å². The van der Waals surface area contributed by atoms with Crippen LogP contribution in [-0.4, -0.2) is 46.7 Å². The number of hydrogen-bond donors (Lipinski definition) is 3. The van der Waals surface area contributed by atoms with E-state index in [4.69, 9.17) is 23.2 Å². The molecule has 0 aromatic heterocycles. The summed E-state index contributed by atoms with van der Waals surface area (Å²) in [7, 11) is 1.53. The standard InChI is InChI=1S/C16H19ClN2O4/c1-3-4-12(15(21)18-23)9-14(10-20)19(2)16(22)11-5-7-13(17)8-6-11/h1,5-8,12,14,20,23H,4,9-10H2,2H3,(H,18,21)/t12-,14-/m0/s1. The van der Waals surface area contributed by atoms with Crippen LogP contribution in [0, 0.1) is 18.3 Å². The number of likely N-dealkylation sites (N-methyl/N-ethyl adjacent to an activating group) is 1. The Morgan fingerprint density at radius 1 is 1.39 bits per heavy atom. The first-order valence-corrected chi connectivity index (χ1v) is 7.33. The Balaban J connectivity index is 2.86. The van der Waals surface area contributed by atoms with Crippen molar-refractivity contribution in [2.45, 2.75) is 18.9 Å². The molecule has 0 spiro atoms. The molecular weight excluding hydrogens is 320 g/mol. The van der Waals surface area contributed by atoms with Gasteiger partial charge in [0.05, 0.1) is 18.6 Å². The van der Waals surface area contributed by atoms with E-state index in [-0.39, 0.29) is 25.4 Å². The van der Waals surface area contributed by atoms with Crippen LogP contribution in [0.5, 0.6) is 0 Å². The minimum Gasteiger partial charge on any atom is -0.394 e. The van der Waals surface area contributed by atoms with Gasteiger partial charge in [-0.3, -0.25) is 14.8 Å². The highest BCUT2D eigenvalue weighted by Crippen LogP contribution is 2.18. The van der Waals surface area contributed by atoms with Gasteiger partial charge in [-0.05, 0) is 30.7 Å². The van der Waals surface area contributed by atoms with Crippen molar-refractivity contribution >= 4 is 23.4 Å². The highest BCUT2D eigenvalue weighted by atomic mass is 35.5. The smallest absolute Gasteiger partial charge is 0.253 e. The van der Waals surface area contributed by atoms with Crippen molar-refractivity contribution in [3.63, 3.8) is 0 Å². The number of carbonyl (C=O) groups excluding carboxylic acids is 2. The number of nitrogens with one attached hydrogen (secondary N) is 1. The third-order valence-electron chi connectivity index (χ3n) is 3.57. The Labute approximate surface area is 140 Å². The van der Waals surface area contributed by atoms with Gasteiger partial charge in [0.1, 0.15) is 0 Å². The zero-order chi connectivity index (χ0) is 17.4. The van der Waals surface area contributed by atoms with Gasteiger partial charge in [-0.2, -0.15) is 0 Å². The highest BCUT2D eigenvalue weighted by molar-refractivity contribution is 6.30. The maximum Gasteiger partial charge on any atom is 0.253 e. The van der Waals surface area contributed by atoms with Crippen molar-refractivity contribution < 1.29 is 19.9 Å². The summed E-state index contributed by atoms with van der Waals surface area (Å²) in [6.45, 7) is -0.338. The molecule has 2 amide bonds. The summed E-state index contributed by atoms with van der Waals surface area (Å²) in [5.41, 5.74) is 1.96. The zero-order valence-electron chi connectivity index (χ0n) is 12.7. The molecule has 7 heteroatoms. The van der Waals surface area contributed by atoms with Crippen molar-refractivity contribution in [1.82, 2.24) is 10.4 Å². The van der Waals surface area contributed by atoms with Crippen LogP contribution in [0.3, 0.4) is 0 Å². The maximum atomic E-state index is 12.4. The van der Waals surface area contributed by atoms with E-state index in [0.29, 0.717) is 10.6 Å². The molecule has 0 bridgehead atoms. The molecule has 0 heterocycles. The fourth-order valence-electron chi connectivity index (χ4n) is 2.16. The van der Waals surface area contributed by atoms with Gasteiger partial charge in [0.15, 0.2) is 0 Å². The maximum absolute atomic E-state index is 12.4. The summed E-state index contributed by atoms with van der Waals surface area (Å²) in [5.74, 6) is 0.681. The summed E-state index contributed by atoms with van der Waals surface area (Å²) in [6.07, 6.45) is 5.43. The van der Waals surface area contributed by atoms with Crippen molar-refractivity contribution in [3.8, 4) is 12.3 Å². The lowest BCUT2D eigenvalue weighted by atomic mass is 9.95. The SMILES string of the molecule is C#CC[C@@H](C[C@@H](CO)N(C)C(=O)c1ccc(Cl)cc1)C(=O)NO. The van der Waals surface area contributed by atoms with Crippen molar-refractivity contribution in [1.29, 1.82) is 0 Å². The lowest BCUT2D eigenvalue weighted by Gasteiger charge is -2.29. The molecule has 124 valence electrons. The molecule has 23 heavy (non-hydrogen) atoms. The number of carbonyl (C=O) groups is 2. The monoisotopic (exact) mass is 338 g/mol. The average Bonchev–Trinajstić information content (AvgIpc) is 2.57. The molecule has 0 aliphatic heterocycles. The van der Waals surface area contributed by atoms with E-state index in [2.05, 4.69) is 5.92 Å². The molecule has 0 saturated heterocycles.